The summed E-state index contributed by atoms with van der Waals surface area (Å²) >= 11 is 0. The average Bonchev–Trinajstić information content (AvgIpc) is 4.10. The first kappa shape index (κ1) is 61.9. The molecule has 4 heterocycles. The van der Waals surface area contributed by atoms with Gasteiger partial charge in [0.05, 0.1) is 44.6 Å². The quantitative estimate of drug-likeness (QED) is 0.0216. The normalized spacial score (nSPS) is 17.2. The molecular weight excluding hydrogens is 1020 g/mol. The molecule has 17 nitrogen and oxygen atoms in total. The third kappa shape index (κ3) is 18.4. The smallest absolute Gasteiger partial charge is 0.255 e. The number of nitrogens with zero attached hydrogens (tertiary/aromatic N) is 3. The van der Waals surface area contributed by atoms with Gasteiger partial charge in [-0.25, -0.2) is 0 Å². The number of piperidine rings is 2. The standard InChI is InChI=1S/C64H88N8O9/c1-6-46(3)53(7-2)60(49-28-32-65-33-29-49)67-47(4)64(30-34-71(5)35-31-64)70-51-18-15-17-50(43-51)61(75)66-44-48-22-24-52(25-23-48)81-38-14-9-8-12-36-78-39-41-80-42-40-79-37-13-10-11-21-58(73)68-56-20-16-19-54-55(56)45-72(63(54)77)57-26-27-59(74)69-62(57)76/h15-20,22-25,28-29,32-33,43,46,53,57,60,67,70H,4,6-14,21,26-27,30-31,34-42,44-45H2,1-3,5H3,(H,66,75)(H,68,73)(H,69,74,76). The molecule has 0 aliphatic carbocycles. The molecule has 3 aliphatic rings. The summed E-state index contributed by atoms with van der Waals surface area (Å²) in [5.41, 5.74) is 6.01. The van der Waals surface area contributed by atoms with Crippen LogP contribution in [-0.2, 0) is 41.7 Å². The van der Waals surface area contributed by atoms with E-state index in [1.165, 1.54) is 10.5 Å². The number of ether oxygens (including phenoxy) is 4. The highest BCUT2D eigenvalue weighted by atomic mass is 16.5. The molecule has 17 heteroatoms. The van der Waals surface area contributed by atoms with Gasteiger partial charge in [-0.05, 0) is 136 Å². The number of imide groups is 1. The molecule has 4 atom stereocenters. The number of carbonyl (C=O) groups excluding carboxylic acids is 5. The number of hydrogen-bond donors (Lipinski definition) is 5. The second-order valence-electron chi connectivity index (χ2n) is 21.9. The zero-order valence-corrected chi connectivity index (χ0v) is 48.4. The van der Waals surface area contributed by atoms with Crippen LogP contribution in [0.5, 0.6) is 5.75 Å². The number of fused-ring (bicyclic) bond motifs is 1. The summed E-state index contributed by atoms with van der Waals surface area (Å²) in [4.78, 5) is 71.5. The highest BCUT2D eigenvalue weighted by Gasteiger charge is 2.41. The number of hydrogen-bond acceptors (Lipinski definition) is 13. The summed E-state index contributed by atoms with van der Waals surface area (Å²) in [5, 5.41) is 16.2. The molecule has 0 spiro atoms. The van der Waals surface area contributed by atoms with Crippen LogP contribution < -0.4 is 31.3 Å². The number of aromatic nitrogens is 1. The summed E-state index contributed by atoms with van der Waals surface area (Å²) in [6.07, 6.45) is 14.9. The minimum absolute atomic E-state index is 0.0978. The van der Waals surface area contributed by atoms with Gasteiger partial charge in [0.25, 0.3) is 11.8 Å². The number of pyridine rings is 1. The van der Waals surface area contributed by atoms with Gasteiger partial charge in [0.15, 0.2) is 0 Å². The zero-order valence-electron chi connectivity index (χ0n) is 48.4. The molecule has 0 bridgehead atoms. The molecule has 1 aromatic heterocycles. The number of benzene rings is 3. The Balaban J connectivity index is 0.689. The number of anilines is 2. The van der Waals surface area contributed by atoms with Gasteiger partial charge in [0, 0.05) is 98.4 Å². The van der Waals surface area contributed by atoms with Gasteiger partial charge < -0.3 is 50.0 Å². The average molecular weight is 1110 g/mol. The maximum Gasteiger partial charge on any atom is 0.255 e. The lowest BCUT2D eigenvalue weighted by Gasteiger charge is -2.45. The van der Waals surface area contributed by atoms with Crippen LogP contribution in [0.25, 0.3) is 0 Å². The van der Waals surface area contributed by atoms with Crippen LogP contribution in [0.15, 0.2) is 104 Å². The van der Waals surface area contributed by atoms with Gasteiger partial charge in [0.1, 0.15) is 11.8 Å². The van der Waals surface area contributed by atoms with Crippen LogP contribution in [0.2, 0.25) is 0 Å². The van der Waals surface area contributed by atoms with E-state index in [4.69, 9.17) is 25.5 Å². The number of rotatable bonds is 35. The first-order valence-corrected chi connectivity index (χ1v) is 29.6. The topological polar surface area (TPSA) is 202 Å². The molecule has 0 radical (unpaired) electrons. The molecule has 4 unspecified atom stereocenters. The summed E-state index contributed by atoms with van der Waals surface area (Å²) < 4.78 is 23.1. The van der Waals surface area contributed by atoms with Gasteiger partial charge in [0.2, 0.25) is 17.7 Å². The Kier molecular flexibility index (Phi) is 24.6. The Morgan fingerprint density at radius 3 is 2.15 bits per heavy atom. The number of carbonyl (C=O) groups is 5. The van der Waals surface area contributed by atoms with Gasteiger partial charge in [-0.3, -0.25) is 34.3 Å². The molecule has 2 saturated heterocycles. The molecular formula is C64H88N8O9. The molecule has 81 heavy (non-hydrogen) atoms. The Morgan fingerprint density at radius 2 is 1.47 bits per heavy atom. The van der Waals surface area contributed by atoms with E-state index in [1.54, 1.807) is 18.2 Å². The fourth-order valence-electron chi connectivity index (χ4n) is 11.1. The summed E-state index contributed by atoms with van der Waals surface area (Å²) in [7, 11) is 2.17. The first-order valence-electron chi connectivity index (χ1n) is 29.6. The van der Waals surface area contributed by atoms with E-state index >= 15 is 0 Å². The zero-order chi connectivity index (χ0) is 57.4. The molecule has 5 amide bonds. The summed E-state index contributed by atoms with van der Waals surface area (Å²) in [6, 6.07) is 24.5. The molecule has 4 aromatic rings. The SMILES string of the molecule is C=C(NC(c1ccncc1)C(CC)C(C)CC)C1(Nc2cccc(C(=O)NCc3ccc(OCCCCCCOCCOCCOCCCCCC(=O)Nc4cccc5c4CN(C4CCC(=O)NC4=O)C5=O)cc3)c2)CCN(C)CC1. The van der Waals surface area contributed by atoms with Crippen LogP contribution >= 0.6 is 0 Å². The Hall–Kier alpha value is -6.66. The Labute approximate surface area is 480 Å². The molecule has 438 valence electrons. The monoisotopic (exact) mass is 1110 g/mol. The number of amides is 5. The molecule has 5 N–H and O–H groups in total. The van der Waals surface area contributed by atoms with Crippen molar-refractivity contribution in [2.75, 3.05) is 77.0 Å². The lowest BCUT2D eigenvalue weighted by Crippen LogP contribution is -2.53. The first-order chi connectivity index (χ1) is 39.4. The molecule has 3 aliphatic heterocycles. The van der Waals surface area contributed by atoms with E-state index in [2.05, 4.69) is 76.4 Å². The molecule has 7 rings (SSSR count). The van der Waals surface area contributed by atoms with Gasteiger partial charge in [-0.2, -0.15) is 0 Å². The second-order valence-corrected chi connectivity index (χ2v) is 21.9. The van der Waals surface area contributed by atoms with E-state index in [0.29, 0.717) is 99.8 Å². The predicted molar refractivity (Wildman–Crippen MR) is 316 cm³/mol. The highest BCUT2D eigenvalue weighted by Crippen LogP contribution is 2.38. The fraction of sp³-hybridized carbons (Fsp3) is 0.531. The van der Waals surface area contributed by atoms with Crippen molar-refractivity contribution in [1.29, 1.82) is 0 Å². The van der Waals surface area contributed by atoms with E-state index in [1.807, 2.05) is 60.9 Å². The van der Waals surface area contributed by atoms with Crippen molar-refractivity contribution in [2.45, 2.75) is 141 Å². The number of nitrogens with one attached hydrogen (secondary N) is 5. The van der Waals surface area contributed by atoms with Crippen molar-refractivity contribution in [3.63, 3.8) is 0 Å². The predicted octanol–water partition coefficient (Wildman–Crippen LogP) is 9.75. The van der Waals surface area contributed by atoms with Crippen LogP contribution in [-0.4, -0.2) is 122 Å². The van der Waals surface area contributed by atoms with Crippen molar-refractivity contribution < 1.29 is 42.9 Å². The van der Waals surface area contributed by atoms with E-state index in [-0.39, 0.29) is 49.1 Å². The summed E-state index contributed by atoms with van der Waals surface area (Å²) in [5.74, 6) is 0.428. The van der Waals surface area contributed by atoms with Crippen molar-refractivity contribution >= 4 is 40.9 Å². The van der Waals surface area contributed by atoms with Crippen LogP contribution in [0.3, 0.4) is 0 Å². The fourth-order valence-corrected chi connectivity index (χ4v) is 11.1. The van der Waals surface area contributed by atoms with Crippen molar-refractivity contribution in [1.82, 2.24) is 30.7 Å². The lowest BCUT2D eigenvalue weighted by molar-refractivity contribution is -0.137. The van der Waals surface area contributed by atoms with Gasteiger partial charge >= 0.3 is 0 Å². The largest absolute Gasteiger partial charge is 0.494 e. The second kappa shape index (κ2) is 32.1. The lowest BCUT2D eigenvalue weighted by atomic mass is 9.78. The Bertz CT molecular complexity index is 2660. The van der Waals surface area contributed by atoms with Crippen molar-refractivity contribution in [2.24, 2.45) is 11.8 Å². The maximum atomic E-state index is 13.5. The van der Waals surface area contributed by atoms with Gasteiger partial charge in [-0.1, -0.05) is 77.3 Å². The minimum Gasteiger partial charge on any atom is -0.494 e. The summed E-state index contributed by atoms with van der Waals surface area (Å²) in [6.45, 7) is 18.0. The number of unbranched alkanes of at least 4 members (excludes halogenated alkanes) is 5. The van der Waals surface area contributed by atoms with Crippen LogP contribution in [0.1, 0.15) is 154 Å². The minimum atomic E-state index is -0.705. The number of likely N-dealkylation sites (tertiary alicyclic amines) is 1. The Morgan fingerprint density at radius 1 is 0.802 bits per heavy atom. The molecule has 0 saturated carbocycles. The highest BCUT2D eigenvalue weighted by molar-refractivity contribution is 6.06. The molecule has 3 aromatic carbocycles. The maximum absolute atomic E-state index is 13.5. The van der Waals surface area contributed by atoms with E-state index in [0.717, 1.165) is 100.0 Å². The van der Waals surface area contributed by atoms with Crippen molar-refractivity contribution in [3.8, 4) is 5.75 Å². The van der Waals surface area contributed by atoms with Crippen LogP contribution in [0, 0.1) is 11.8 Å². The van der Waals surface area contributed by atoms with Crippen molar-refractivity contribution in [3.05, 3.63) is 131 Å². The van der Waals surface area contributed by atoms with Crippen LogP contribution in [0.4, 0.5) is 11.4 Å². The third-order valence-electron chi connectivity index (χ3n) is 16.2. The molecule has 2 fully saturated rings. The van der Waals surface area contributed by atoms with Gasteiger partial charge in [-0.15, -0.1) is 0 Å². The third-order valence-corrected chi connectivity index (χ3v) is 16.2. The van der Waals surface area contributed by atoms with E-state index in [9.17, 15) is 24.0 Å². The van der Waals surface area contributed by atoms with E-state index < -0.39 is 17.5 Å².